The minimum atomic E-state index is -1.22. The Morgan fingerprint density at radius 3 is 2.34 bits per heavy atom. The molecule has 13 heteroatoms. The first-order valence-electron chi connectivity index (χ1n) is 13.6. The Morgan fingerprint density at radius 2 is 1.70 bits per heavy atom. The number of carboxylic acid groups (broad SMARTS) is 1. The third kappa shape index (κ3) is 4.71. The van der Waals surface area contributed by atoms with Gasteiger partial charge in [0, 0.05) is 28.9 Å². The Bertz CT molecular complexity index is 1890. The van der Waals surface area contributed by atoms with E-state index in [1.165, 1.54) is 24.5 Å². The molecule has 4 aromatic rings. The number of carbonyl (C=O) groups is 4. The molecule has 0 atom stereocenters. The summed E-state index contributed by atoms with van der Waals surface area (Å²) in [6.07, 6.45) is 0.462. The van der Waals surface area contributed by atoms with E-state index in [0.717, 1.165) is 9.80 Å². The van der Waals surface area contributed by atoms with E-state index in [2.05, 4.69) is 15.3 Å². The molecule has 224 valence electrons. The molecule has 0 saturated carbocycles. The SMILES string of the molecule is Cc1c(-c2cc3cc(N4C(=O)c5ccccc5C4=O)ncc3c(NC(=O)OC(C)(C)C)c2F)cnc2c1N(C(=O)O)CCO2. The van der Waals surface area contributed by atoms with E-state index in [9.17, 15) is 24.3 Å². The van der Waals surface area contributed by atoms with E-state index < -0.39 is 35.4 Å². The van der Waals surface area contributed by atoms with Gasteiger partial charge in [0.15, 0.2) is 5.82 Å². The molecular formula is C31H26FN5O7. The smallest absolute Gasteiger partial charge is 0.412 e. The van der Waals surface area contributed by atoms with Crippen LogP contribution in [0.2, 0.25) is 0 Å². The molecule has 2 aliphatic rings. The zero-order valence-corrected chi connectivity index (χ0v) is 24.1. The van der Waals surface area contributed by atoms with Crippen molar-refractivity contribution in [1.82, 2.24) is 9.97 Å². The molecule has 6 rings (SSSR count). The van der Waals surface area contributed by atoms with E-state index in [1.807, 2.05) is 0 Å². The summed E-state index contributed by atoms with van der Waals surface area (Å²) in [4.78, 5) is 61.7. The molecule has 12 nitrogen and oxygen atoms in total. The van der Waals surface area contributed by atoms with Crippen molar-refractivity contribution < 1.29 is 38.1 Å². The maximum absolute atomic E-state index is 16.4. The highest BCUT2D eigenvalue weighted by atomic mass is 19.1. The van der Waals surface area contributed by atoms with Gasteiger partial charge in [-0.1, -0.05) is 12.1 Å². The summed E-state index contributed by atoms with van der Waals surface area (Å²) in [5, 5.41) is 12.7. The third-order valence-corrected chi connectivity index (χ3v) is 7.21. The summed E-state index contributed by atoms with van der Waals surface area (Å²) in [6.45, 7) is 6.74. The van der Waals surface area contributed by atoms with E-state index in [1.54, 1.807) is 52.0 Å². The van der Waals surface area contributed by atoms with Crippen LogP contribution in [0.3, 0.4) is 0 Å². The zero-order chi connectivity index (χ0) is 31.5. The van der Waals surface area contributed by atoms with Crippen LogP contribution >= 0.6 is 0 Å². The van der Waals surface area contributed by atoms with Crippen molar-refractivity contribution in [3.05, 3.63) is 71.3 Å². The number of carbonyl (C=O) groups excluding carboxylic acids is 3. The number of pyridine rings is 2. The van der Waals surface area contributed by atoms with Gasteiger partial charge in [-0.25, -0.2) is 28.8 Å². The molecule has 0 unspecified atom stereocenters. The van der Waals surface area contributed by atoms with Crippen LogP contribution in [0.5, 0.6) is 5.88 Å². The van der Waals surface area contributed by atoms with Gasteiger partial charge in [0.1, 0.15) is 23.7 Å². The number of benzene rings is 2. The largest absolute Gasteiger partial charge is 0.474 e. The molecule has 44 heavy (non-hydrogen) atoms. The number of nitrogens with zero attached hydrogens (tertiary/aromatic N) is 4. The number of halogens is 1. The molecule has 0 spiro atoms. The van der Waals surface area contributed by atoms with Crippen LogP contribution in [-0.2, 0) is 4.74 Å². The molecular weight excluding hydrogens is 573 g/mol. The van der Waals surface area contributed by atoms with Crippen molar-refractivity contribution in [3.8, 4) is 17.0 Å². The highest BCUT2D eigenvalue weighted by Crippen LogP contribution is 2.42. The minimum Gasteiger partial charge on any atom is -0.474 e. The molecule has 4 amide bonds. The molecule has 0 fully saturated rings. The molecule has 2 N–H and O–H groups in total. The number of aromatic nitrogens is 2. The van der Waals surface area contributed by atoms with Crippen molar-refractivity contribution in [1.29, 1.82) is 0 Å². The molecule has 4 heterocycles. The molecule has 0 aliphatic carbocycles. The molecule has 2 aliphatic heterocycles. The van der Waals surface area contributed by atoms with Crippen LogP contribution in [0.15, 0.2) is 48.8 Å². The number of anilines is 3. The van der Waals surface area contributed by atoms with Crippen LogP contribution in [-0.4, -0.2) is 57.8 Å². The highest BCUT2D eigenvalue weighted by molar-refractivity contribution is 6.34. The van der Waals surface area contributed by atoms with Gasteiger partial charge in [0.05, 0.1) is 23.4 Å². The Hall–Kier alpha value is -5.59. The lowest BCUT2D eigenvalue weighted by Crippen LogP contribution is -2.37. The van der Waals surface area contributed by atoms with Crippen LogP contribution in [0.4, 0.5) is 31.2 Å². The van der Waals surface area contributed by atoms with Gasteiger partial charge >= 0.3 is 12.2 Å². The highest BCUT2D eigenvalue weighted by Gasteiger charge is 2.37. The first-order valence-corrected chi connectivity index (χ1v) is 13.6. The zero-order valence-electron chi connectivity index (χ0n) is 24.1. The normalized spacial score (nSPS) is 14.3. The van der Waals surface area contributed by atoms with E-state index in [0.29, 0.717) is 10.9 Å². The average Bonchev–Trinajstić information content (AvgIpc) is 3.22. The second-order valence-electron chi connectivity index (χ2n) is 11.2. The van der Waals surface area contributed by atoms with Gasteiger partial charge in [-0.15, -0.1) is 0 Å². The lowest BCUT2D eigenvalue weighted by molar-refractivity contribution is 0.0634. The minimum absolute atomic E-state index is 0.00443. The molecule has 2 aromatic carbocycles. The van der Waals surface area contributed by atoms with Crippen molar-refractivity contribution in [2.24, 2.45) is 0 Å². The first-order chi connectivity index (χ1) is 20.9. The van der Waals surface area contributed by atoms with Crippen LogP contribution in [0.25, 0.3) is 21.9 Å². The fraction of sp³-hybridized carbons (Fsp3) is 0.226. The fourth-order valence-corrected chi connectivity index (χ4v) is 5.30. The monoisotopic (exact) mass is 599 g/mol. The number of imide groups is 1. The number of hydrogen-bond donors (Lipinski definition) is 2. The third-order valence-electron chi connectivity index (χ3n) is 7.21. The van der Waals surface area contributed by atoms with Crippen molar-refractivity contribution >= 4 is 52.0 Å². The van der Waals surface area contributed by atoms with E-state index in [-0.39, 0.29) is 63.9 Å². The van der Waals surface area contributed by atoms with Gasteiger partial charge in [-0.2, -0.15) is 0 Å². The summed E-state index contributed by atoms with van der Waals surface area (Å²) < 4.78 is 27.4. The van der Waals surface area contributed by atoms with Crippen molar-refractivity contribution in [2.45, 2.75) is 33.3 Å². The average molecular weight is 600 g/mol. The topological polar surface area (TPSA) is 151 Å². The maximum Gasteiger partial charge on any atom is 0.412 e. The van der Waals surface area contributed by atoms with Crippen LogP contribution < -0.4 is 19.9 Å². The van der Waals surface area contributed by atoms with E-state index in [4.69, 9.17) is 9.47 Å². The summed E-state index contributed by atoms with van der Waals surface area (Å²) in [6, 6.07) is 9.28. The van der Waals surface area contributed by atoms with Gasteiger partial charge in [-0.05, 0) is 62.9 Å². The Kier molecular flexibility index (Phi) is 6.67. The van der Waals surface area contributed by atoms with Gasteiger partial charge in [0.2, 0.25) is 5.88 Å². The molecule has 0 radical (unpaired) electrons. The summed E-state index contributed by atoms with van der Waals surface area (Å²) in [5.41, 5.74) is 0.0380. The maximum atomic E-state index is 16.4. The number of amides is 4. The summed E-state index contributed by atoms with van der Waals surface area (Å²) in [5.74, 6) is -1.90. The number of hydrogen-bond acceptors (Lipinski definition) is 8. The summed E-state index contributed by atoms with van der Waals surface area (Å²) in [7, 11) is 0. The Labute approximate surface area is 250 Å². The first kappa shape index (κ1) is 28.5. The molecule has 2 aromatic heterocycles. The van der Waals surface area contributed by atoms with Gasteiger partial charge < -0.3 is 14.6 Å². The number of ether oxygens (including phenoxy) is 2. The van der Waals surface area contributed by atoms with Crippen molar-refractivity contribution in [2.75, 3.05) is 28.3 Å². The number of rotatable bonds is 3. The lowest BCUT2D eigenvalue weighted by Gasteiger charge is -2.29. The van der Waals surface area contributed by atoms with Crippen LogP contribution in [0.1, 0.15) is 47.1 Å². The van der Waals surface area contributed by atoms with Crippen molar-refractivity contribution in [3.63, 3.8) is 0 Å². The number of nitrogens with one attached hydrogen (secondary N) is 1. The van der Waals surface area contributed by atoms with Gasteiger partial charge in [0.25, 0.3) is 11.8 Å². The second-order valence-corrected chi connectivity index (χ2v) is 11.2. The van der Waals surface area contributed by atoms with Gasteiger partial charge in [-0.3, -0.25) is 19.8 Å². The fourth-order valence-electron chi connectivity index (χ4n) is 5.30. The predicted molar refractivity (Wildman–Crippen MR) is 158 cm³/mol. The molecule has 0 bridgehead atoms. The Balaban J connectivity index is 1.54. The number of fused-ring (bicyclic) bond motifs is 3. The predicted octanol–water partition coefficient (Wildman–Crippen LogP) is 5.77. The van der Waals surface area contributed by atoms with Crippen LogP contribution in [0, 0.1) is 12.7 Å². The Morgan fingerprint density at radius 1 is 1.02 bits per heavy atom. The molecule has 0 saturated heterocycles. The lowest BCUT2D eigenvalue weighted by atomic mass is 9.96. The second kappa shape index (κ2) is 10.3. The standard InChI is InChI=1S/C31H26FN5O7/c1-15-20(13-34-26-25(15)36(30(41)42)9-10-43-26)19-11-16-12-22(37-27(38)17-7-5-6-8-18(17)28(37)39)33-14-21(16)24(23(19)32)35-29(40)44-31(2,3)4/h5-8,11-14H,9-10H2,1-4H3,(H,35,40)(H,41,42). The summed E-state index contributed by atoms with van der Waals surface area (Å²) >= 11 is 0. The quantitative estimate of drug-likeness (QED) is 0.280. The van der Waals surface area contributed by atoms with E-state index >= 15 is 4.39 Å².